The molecular weight excluding hydrogens is 327 g/mol. The number of nitrogens with one attached hydrogen (secondary N) is 2. The summed E-state index contributed by atoms with van der Waals surface area (Å²) < 4.78 is 19.7. The maximum atomic E-state index is 13.3. The standard InChI is InChI=1S/C17H15FN4O3/c18-12-3-1-4-13(11-12)22-15(6-9-20-22)21-16(23)7-8-19-17(24)14-5-2-10-25-14/h1-6,9-11H,7-8H2,(H,19,24)(H,21,23). The van der Waals surface area contributed by atoms with Crippen LogP contribution < -0.4 is 10.6 Å². The Morgan fingerprint density at radius 2 is 2.08 bits per heavy atom. The Balaban J connectivity index is 1.55. The number of aromatic nitrogens is 2. The van der Waals surface area contributed by atoms with Crippen LogP contribution in [0.15, 0.2) is 59.3 Å². The average Bonchev–Trinajstić information content (AvgIpc) is 3.26. The van der Waals surface area contributed by atoms with Crippen LogP contribution in [0.5, 0.6) is 0 Å². The van der Waals surface area contributed by atoms with Crippen molar-refractivity contribution in [1.29, 1.82) is 0 Å². The third kappa shape index (κ3) is 4.11. The molecule has 2 amide bonds. The van der Waals surface area contributed by atoms with Crippen molar-refractivity contribution in [3.63, 3.8) is 0 Å². The van der Waals surface area contributed by atoms with Gasteiger partial charge >= 0.3 is 0 Å². The molecule has 0 saturated heterocycles. The van der Waals surface area contributed by atoms with Crippen LogP contribution in [0.25, 0.3) is 5.69 Å². The van der Waals surface area contributed by atoms with Gasteiger partial charge in [0.25, 0.3) is 5.91 Å². The number of anilines is 1. The predicted molar refractivity (Wildman–Crippen MR) is 87.8 cm³/mol. The molecule has 0 unspecified atom stereocenters. The fraction of sp³-hybridized carbons (Fsp3) is 0.118. The van der Waals surface area contributed by atoms with E-state index in [1.807, 2.05) is 0 Å². The molecule has 2 aromatic heterocycles. The van der Waals surface area contributed by atoms with Gasteiger partial charge < -0.3 is 15.1 Å². The molecule has 3 aromatic rings. The van der Waals surface area contributed by atoms with Crippen LogP contribution in [-0.4, -0.2) is 28.1 Å². The Kier molecular flexibility index (Phi) is 4.89. The van der Waals surface area contributed by atoms with Crippen LogP contribution in [-0.2, 0) is 4.79 Å². The van der Waals surface area contributed by atoms with Crippen molar-refractivity contribution in [1.82, 2.24) is 15.1 Å². The van der Waals surface area contributed by atoms with E-state index in [-0.39, 0.29) is 30.5 Å². The van der Waals surface area contributed by atoms with Crippen molar-refractivity contribution in [3.8, 4) is 5.69 Å². The largest absolute Gasteiger partial charge is 0.459 e. The Labute approximate surface area is 142 Å². The number of carbonyl (C=O) groups excluding carboxylic acids is 2. The SMILES string of the molecule is O=C(CCNC(=O)c1ccco1)Nc1ccnn1-c1cccc(F)c1. The Morgan fingerprint density at radius 3 is 2.84 bits per heavy atom. The lowest BCUT2D eigenvalue weighted by Gasteiger charge is -2.09. The highest BCUT2D eigenvalue weighted by Crippen LogP contribution is 2.15. The second-order valence-corrected chi connectivity index (χ2v) is 5.14. The molecule has 0 atom stereocenters. The Hall–Kier alpha value is -3.42. The lowest BCUT2D eigenvalue weighted by molar-refractivity contribution is -0.116. The monoisotopic (exact) mass is 342 g/mol. The van der Waals surface area contributed by atoms with E-state index >= 15 is 0 Å². The van der Waals surface area contributed by atoms with Gasteiger partial charge in [0.1, 0.15) is 11.6 Å². The van der Waals surface area contributed by atoms with Gasteiger partial charge in [0.15, 0.2) is 5.76 Å². The molecule has 0 fully saturated rings. The molecule has 2 N–H and O–H groups in total. The highest BCUT2D eigenvalue weighted by molar-refractivity contribution is 5.93. The molecule has 0 radical (unpaired) electrons. The number of rotatable bonds is 6. The Morgan fingerprint density at radius 1 is 1.20 bits per heavy atom. The van der Waals surface area contributed by atoms with Crippen molar-refractivity contribution < 1.29 is 18.4 Å². The smallest absolute Gasteiger partial charge is 0.286 e. The predicted octanol–water partition coefficient (Wildman–Crippen LogP) is 2.36. The molecule has 0 aliphatic heterocycles. The number of furan rings is 1. The van der Waals surface area contributed by atoms with Crippen LogP contribution in [0.1, 0.15) is 17.0 Å². The van der Waals surface area contributed by atoms with Crippen LogP contribution in [0, 0.1) is 5.82 Å². The summed E-state index contributed by atoms with van der Waals surface area (Å²) in [4.78, 5) is 23.7. The summed E-state index contributed by atoms with van der Waals surface area (Å²) in [6.07, 6.45) is 2.97. The average molecular weight is 342 g/mol. The topological polar surface area (TPSA) is 89.2 Å². The molecule has 0 saturated carbocycles. The highest BCUT2D eigenvalue weighted by atomic mass is 19.1. The van der Waals surface area contributed by atoms with E-state index in [9.17, 15) is 14.0 Å². The second kappa shape index (κ2) is 7.43. The first-order chi connectivity index (χ1) is 12.1. The minimum atomic E-state index is -0.397. The van der Waals surface area contributed by atoms with E-state index < -0.39 is 5.82 Å². The van der Waals surface area contributed by atoms with E-state index in [0.29, 0.717) is 11.5 Å². The van der Waals surface area contributed by atoms with Gasteiger partial charge in [-0.05, 0) is 30.3 Å². The lowest BCUT2D eigenvalue weighted by Crippen LogP contribution is -2.27. The summed E-state index contributed by atoms with van der Waals surface area (Å²) in [7, 11) is 0. The zero-order valence-electron chi connectivity index (χ0n) is 13.1. The first kappa shape index (κ1) is 16.4. The van der Waals surface area contributed by atoms with Crippen molar-refractivity contribution in [2.24, 2.45) is 0 Å². The van der Waals surface area contributed by atoms with E-state index in [1.165, 1.54) is 35.3 Å². The minimum Gasteiger partial charge on any atom is -0.459 e. The normalized spacial score (nSPS) is 10.4. The number of halogens is 1. The van der Waals surface area contributed by atoms with Gasteiger partial charge in [0, 0.05) is 19.0 Å². The highest BCUT2D eigenvalue weighted by Gasteiger charge is 2.11. The number of benzene rings is 1. The van der Waals surface area contributed by atoms with Crippen LogP contribution >= 0.6 is 0 Å². The van der Waals surface area contributed by atoms with Crippen molar-refractivity contribution in [3.05, 3.63) is 66.5 Å². The van der Waals surface area contributed by atoms with Gasteiger partial charge in [-0.2, -0.15) is 5.10 Å². The molecule has 0 aliphatic carbocycles. The van der Waals surface area contributed by atoms with Crippen LogP contribution in [0.4, 0.5) is 10.2 Å². The van der Waals surface area contributed by atoms with Crippen molar-refractivity contribution >= 4 is 17.6 Å². The van der Waals surface area contributed by atoms with E-state index in [4.69, 9.17) is 4.42 Å². The van der Waals surface area contributed by atoms with Gasteiger partial charge in [0.05, 0.1) is 18.1 Å². The molecular formula is C17H15FN4O3. The maximum absolute atomic E-state index is 13.3. The van der Waals surface area contributed by atoms with Crippen molar-refractivity contribution in [2.45, 2.75) is 6.42 Å². The zero-order valence-corrected chi connectivity index (χ0v) is 13.1. The first-order valence-corrected chi connectivity index (χ1v) is 7.55. The van der Waals surface area contributed by atoms with E-state index in [1.54, 1.807) is 24.3 Å². The minimum absolute atomic E-state index is 0.0702. The molecule has 0 aliphatic rings. The molecule has 128 valence electrons. The van der Waals surface area contributed by atoms with E-state index in [2.05, 4.69) is 15.7 Å². The number of nitrogens with zero attached hydrogens (tertiary/aromatic N) is 2. The fourth-order valence-corrected chi connectivity index (χ4v) is 2.20. The molecule has 8 heteroatoms. The molecule has 1 aromatic carbocycles. The van der Waals surface area contributed by atoms with Gasteiger partial charge in [0.2, 0.25) is 5.91 Å². The van der Waals surface area contributed by atoms with Crippen LogP contribution in [0.3, 0.4) is 0 Å². The Bertz CT molecular complexity index is 874. The molecule has 25 heavy (non-hydrogen) atoms. The summed E-state index contributed by atoms with van der Waals surface area (Å²) in [5.41, 5.74) is 0.492. The molecule has 0 spiro atoms. The quantitative estimate of drug-likeness (QED) is 0.720. The third-order valence-electron chi connectivity index (χ3n) is 3.35. The van der Waals surface area contributed by atoms with Gasteiger partial charge in [-0.25, -0.2) is 9.07 Å². The van der Waals surface area contributed by atoms with Gasteiger partial charge in [-0.1, -0.05) is 6.07 Å². The molecule has 3 rings (SSSR count). The number of hydrogen-bond acceptors (Lipinski definition) is 4. The number of amides is 2. The van der Waals surface area contributed by atoms with Crippen molar-refractivity contribution in [2.75, 3.05) is 11.9 Å². The lowest BCUT2D eigenvalue weighted by atomic mass is 10.3. The first-order valence-electron chi connectivity index (χ1n) is 7.55. The maximum Gasteiger partial charge on any atom is 0.286 e. The molecule has 0 bridgehead atoms. The number of carbonyl (C=O) groups is 2. The van der Waals surface area contributed by atoms with Gasteiger partial charge in [-0.15, -0.1) is 0 Å². The van der Waals surface area contributed by atoms with Crippen LogP contribution in [0.2, 0.25) is 0 Å². The summed E-state index contributed by atoms with van der Waals surface area (Å²) in [6.45, 7) is 0.152. The fourth-order valence-electron chi connectivity index (χ4n) is 2.20. The molecule has 2 heterocycles. The summed E-state index contributed by atoms with van der Waals surface area (Å²) in [5.74, 6) is -0.496. The zero-order chi connectivity index (χ0) is 17.6. The second-order valence-electron chi connectivity index (χ2n) is 5.14. The molecule has 7 nitrogen and oxygen atoms in total. The third-order valence-corrected chi connectivity index (χ3v) is 3.35. The van der Waals surface area contributed by atoms with E-state index in [0.717, 1.165) is 0 Å². The summed E-state index contributed by atoms with van der Waals surface area (Å²) in [5, 5.41) is 9.34. The summed E-state index contributed by atoms with van der Waals surface area (Å²) >= 11 is 0. The van der Waals surface area contributed by atoms with Gasteiger partial charge in [-0.3, -0.25) is 9.59 Å². The number of hydrogen-bond donors (Lipinski definition) is 2. The summed E-state index contributed by atoms with van der Waals surface area (Å²) in [6, 6.07) is 10.6.